The Morgan fingerprint density at radius 3 is 2.50 bits per heavy atom. The predicted octanol–water partition coefficient (Wildman–Crippen LogP) is 2.11. The number of hydrogen-bond donors (Lipinski definition) is 1. The van der Waals surface area contributed by atoms with Crippen molar-refractivity contribution in [3.05, 3.63) is 28.8 Å². The number of nitrogens with zero attached hydrogens (tertiary/aromatic N) is 1. The lowest BCUT2D eigenvalue weighted by Gasteiger charge is -2.19. The molecule has 0 bridgehead atoms. The predicted molar refractivity (Wildman–Crippen MR) is 65.8 cm³/mol. The van der Waals surface area contributed by atoms with Crippen molar-refractivity contribution in [1.82, 2.24) is 4.31 Å². The van der Waals surface area contributed by atoms with Crippen LogP contribution < -0.4 is 0 Å². The van der Waals surface area contributed by atoms with Crippen molar-refractivity contribution in [2.75, 3.05) is 13.1 Å². The van der Waals surface area contributed by atoms with Crippen molar-refractivity contribution in [2.24, 2.45) is 0 Å². The molecule has 1 aliphatic heterocycles. The molecule has 20 heavy (non-hydrogen) atoms. The van der Waals surface area contributed by atoms with E-state index >= 15 is 0 Å². The maximum absolute atomic E-state index is 12.9. The Morgan fingerprint density at radius 1 is 1.35 bits per heavy atom. The Kier molecular flexibility index (Phi) is 4.03. The average molecular weight is 330 g/mol. The minimum atomic E-state index is -4.83. The summed E-state index contributed by atoms with van der Waals surface area (Å²) in [4.78, 5) is -0.844. The molecule has 1 atom stereocenters. The molecule has 0 radical (unpaired) electrons. The summed E-state index contributed by atoms with van der Waals surface area (Å²) < 4.78 is 64.1. The average Bonchev–Trinajstić information content (AvgIpc) is 2.75. The molecule has 9 heteroatoms. The van der Waals surface area contributed by atoms with Gasteiger partial charge in [0, 0.05) is 18.1 Å². The molecule has 1 unspecified atom stereocenters. The third-order valence-electron chi connectivity index (χ3n) is 2.99. The van der Waals surface area contributed by atoms with E-state index in [1.807, 2.05) is 0 Å². The monoisotopic (exact) mass is 329 g/mol. The summed E-state index contributed by atoms with van der Waals surface area (Å²) >= 11 is 5.51. The quantitative estimate of drug-likeness (QED) is 0.904. The fourth-order valence-corrected chi connectivity index (χ4v) is 3.87. The first-order valence-corrected chi connectivity index (χ1v) is 7.49. The van der Waals surface area contributed by atoms with Crippen molar-refractivity contribution >= 4 is 21.6 Å². The Labute approximate surface area is 118 Å². The lowest BCUT2D eigenvalue weighted by Crippen LogP contribution is -2.31. The third kappa shape index (κ3) is 2.93. The second-order valence-electron chi connectivity index (χ2n) is 4.44. The zero-order valence-corrected chi connectivity index (χ0v) is 11.6. The number of hydrogen-bond acceptors (Lipinski definition) is 3. The van der Waals surface area contributed by atoms with Gasteiger partial charge >= 0.3 is 6.18 Å². The van der Waals surface area contributed by atoms with Gasteiger partial charge in [0.1, 0.15) is 0 Å². The zero-order chi connectivity index (χ0) is 15.1. The number of halogens is 4. The molecule has 1 heterocycles. The number of aliphatic hydroxyl groups excluding tert-OH is 1. The highest BCUT2D eigenvalue weighted by atomic mass is 35.5. The van der Waals surface area contributed by atoms with Gasteiger partial charge in [0.2, 0.25) is 10.0 Å². The van der Waals surface area contributed by atoms with Crippen LogP contribution in [0.4, 0.5) is 13.2 Å². The fourth-order valence-electron chi connectivity index (χ4n) is 2.02. The second-order valence-corrected chi connectivity index (χ2v) is 6.79. The Hall–Kier alpha value is -0.830. The Balaban J connectivity index is 2.52. The summed E-state index contributed by atoms with van der Waals surface area (Å²) in [5, 5.41) is 9.14. The van der Waals surface area contributed by atoms with E-state index in [0.717, 1.165) is 16.4 Å². The molecular formula is C11H11ClF3NO3S. The zero-order valence-electron chi connectivity index (χ0n) is 10.1. The maximum atomic E-state index is 12.9. The first kappa shape index (κ1) is 15.6. The van der Waals surface area contributed by atoms with E-state index in [4.69, 9.17) is 11.6 Å². The molecule has 2 rings (SSSR count). The molecule has 0 saturated carbocycles. The van der Waals surface area contributed by atoms with Crippen molar-refractivity contribution in [1.29, 1.82) is 0 Å². The summed E-state index contributed by atoms with van der Waals surface area (Å²) in [7, 11) is -4.31. The van der Waals surface area contributed by atoms with Crippen molar-refractivity contribution in [2.45, 2.75) is 23.6 Å². The van der Waals surface area contributed by atoms with Gasteiger partial charge in [0.25, 0.3) is 0 Å². The number of aliphatic hydroxyl groups is 1. The number of β-amino-alcohol motifs (C(OH)–C–C–N with tert-alkyl or cyclic N) is 1. The largest absolute Gasteiger partial charge is 0.417 e. The molecule has 1 aromatic rings. The molecule has 112 valence electrons. The molecule has 1 fully saturated rings. The minimum Gasteiger partial charge on any atom is -0.392 e. The fraction of sp³-hybridized carbons (Fsp3) is 0.455. The molecule has 1 saturated heterocycles. The molecule has 4 nitrogen and oxygen atoms in total. The van der Waals surface area contributed by atoms with E-state index in [0.29, 0.717) is 6.07 Å². The van der Waals surface area contributed by atoms with Gasteiger partial charge in [-0.1, -0.05) is 11.6 Å². The molecule has 0 aromatic heterocycles. The lowest BCUT2D eigenvalue weighted by atomic mass is 10.2. The van der Waals surface area contributed by atoms with Gasteiger partial charge in [-0.3, -0.25) is 0 Å². The van der Waals surface area contributed by atoms with Gasteiger partial charge in [-0.2, -0.15) is 17.5 Å². The first-order valence-electron chi connectivity index (χ1n) is 5.67. The van der Waals surface area contributed by atoms with Crippen LogP contribution in [0.2, 0.25) is 5.02 Å². The standard InChI is InChI=1S/C11H11ClF3NO3S/c12-7-1-2-10(9(5-7)11(13,14)15)20(18,19)16-4-3-8(17)6-16/h1-2,5,8,17H,3-4,6H2. The summed E-state index contributed by atoms with van der Waals surface area (Å²) in [5.74, 6) is 0. The van der Waals surface area contributed by atoms with Crippen molar-refractivity contribution in [3.63, 3.8) is 0 Å². The molecular weight excluding hydrogens is 319 g/mol. The molecule has 1 N–H and O–H groups in total. The Bertz CT molecular complexity index is 618. The van der Waals surface area contributed by atoms with E-state index in [1.165, 1.54) is 0 Å². The maximum Gasteiger partial charge on any atom is 0.417 e. The highest BCUT2D eigenvalue weighted by Gasteiger charge is 2.40. The van der Waals surface area contributed by atoms with E-state index in [9.17, 15) is 26.7 Å². The summed E-state index contributed by atoms with van der Waals surface area (Å²) in [6.45, 7) is -0.217. The number of alkyl halides is 3. The van der Waals surface area contributed by atoms with Crippen LogP contribution in [-0.4, -0.2) is 37.0 Å². The van der Waals surface area contributed by atoms with E-state index in [1.54, 1.807) is 0 Å². The first-order chi connectivity index (χ1) is 9.12. The molecule has 1 aromatic carbocycles. The minimum absolute atomic E-state index is 0.0105. The number of sulfonamides is 1. The van der Waals surface area contributed by atoms with Crippen LogP contribution in [0.1, 0.15) is 12.0 Å². The van der Waals surface area contributed by atoms with Gasteiger partial charge in [-0.25, -0.2) is 8.42 Å². The summed E-state index contributed by atoms with van der Waals surface area (Å²) in [5.41, 5.74) is -1.30. The van der Waals surface area contributed by atoms with Crippen LogP contribution in [0, 0.1) is 0 Å². The van der Waals surface area contributed by atoms with Crippen LogP contribution >= 0.6 is 11.6 Å². The molecule has 0 amide bonds. The van der Waals surface area contributed by atoms with E-state index in [-0.39, 0.29) is 24.5 Å². The van der Waals surface area contributed by atoms with E-state index in [2.05, 4.69) is 0 Å². The highest BCUT2D eigenvalue weighted by molar-refractivity contribution is 7.89. The van der Waals surface area contributed by atoms with Crippen LogP contribution in [0.25, 0.3) is 0 Å². The summed E-state index contributed by atoms with van der Waals surface area (Å²) in [6.07, 6.45) is -5.48. The number of rotatable bonds is 2. The van der Waals surface area contributed by atoms with Gasteiger partial charge in [-0.15, -0.1) is 0 Å². The SMILES string of the molecule is O=S(=O)(c1ccc(Cl)cc1C(F)(F)F)N1CCC(O)C1. The summed E-state index contributed by atoms with van der Waals surface area (Å²) in [6, 6.07) is 2.52. The molecule has 0 aliphatic carbocycles. The van der Waals surface area contributed by atoms with Crippen molar-refractivity contribution < 1.29 is 26.7 Å². The topological polar surface area (TPSA) is 57.6 Å². The van der Waals surface area contributed by atoms with Crippen LogP contribution in [0.15, 0.2) is 23.1 Å². The molecule has 1 aliphatic rings. The lowest BCUT2D eigenvalue weighted by molar-refractivity contribution is -0.139. The molecule has 0 spiro atoms. The van der Waals surface area contributed by atoms with Crippen molar-refractivity contribution in [3.8, 4) is 0 Å². The van der Waals surface area contributed by atoms with Crippen LogP contribution in [0.5, 0.6) is 0 Å². The van der Waals surface area contributed by atoms with Crippen LogP contribution in [0.3, 0.4) is 0 Å². The highest BCUT2D eigenvalue weighted by Crippen LogP contribution is 2.37. The number of benzene rings is 1. The van der Waals surface area contributed by atoms with Gasteiger partial charge in [0.15, 0.2) is 0 Å². The third-order valence-corrected chi connectivity index (χ3v) is 5.15. The van der Waals surface area contributed by atoms with Gasteiger partial charge in [0.05, 0.1) is 16.6 Å². The van der Waals surface area contributed by atoms with E-state index < -0.39 is 32.8 Å². The second kappa shape index (κ2) is 5.18. The Morgan fingerprint density at radius 2 is 2.00 bits per heavy atom. The van der Waals surface area contributed by atoms with Crippen LogP contribution in [-0.2, 0) is 16.2 Å². The normalized spacial score (nSPS) is 21.4. The van der Waals surface area contributed by atoms with Gasteiger partial charge in [-0.05, 0) is 24.6 Å². The smallest absolute Gasteiger partial charge is 0.392 e. The van der Waals surface area contributed by atoms with Gasteiger partial charge < -0.3 is 5.11 Å².